The highest BCUT2D eigenvalue weighted by atomic mass is 32.2. The second-order valence-electron chi connectivity index (χ2n) is 7.94. The molecule has 174 valence electrons. The van der Waals surface area contributed by atoms with Crippen molar-refractivity contribution in [1.29, 1.82) is 0 Å². The van der Waals surface area contributed by atoms with Crippen LogP contribution in [-0.2, 0) is 16.6 Å². The first-order valence-corrected chi connectivity index (χ1v) is 12.6. The molecule has 0 spiro atoms. The fourth-order valence-electron chi connectivity index (χ4n) is 3.86. The number of nitrogens with one attached hydrogen (secondary N) is 1. The van der Waals surface area contributed by atoms with E-state index in [2.05, 4.69) is 24.1 Å². The van der Waals surface area contributed by atoms with Crippen molar-refractivity contribution in [2.75, 3.05) is 38.6 Å². The van der Waals surface area contributed by atoms with Crippen LogP contribution < -0.4 is 10.1 Å². The number of carbonyl (C=O) groups excluding carboxylic acids is 1. The van der Waals surface area contributed by atoms with Crippen LogP contribution in [0.25, 0.3) is 0 Å². The number of methoxy groups -OCH3 is 1. The van der Waals surface area contributed by atoms with E-state index in [4.69, 9.17) is 4.74 Å². The summed E-state index contributed by atoms with van der Waals surface area (Å²) in [5.41, 5.74) is 1.97. The van der Waals surface area contributed by atoms with Crippen LogP contribution in [-0.4, -0.2) is 56.8 Å². The van der Waals surface area contributed by atoms with E-state index in [0.717, 1.165) is 44.5 Å². The van der Waals surface area contributed by atoms with E-state index in [1.54, 1.807) is 18.2 Å². The van der Waals surface area contributed by atoms with Gasteiger partial charge in [-0.2, -0.15) is 4.31 Å². The van der Waals surface area contributed by atoms with Crippen molar-refractivity contribution in [3.8, 4) is 5.75 Å². The molecule has 2 aromatic rings. The Morgan fingerprint density at radius 3 is 2.28 bits per heavy atom. The van der Waals surface area contributed by atoms with Gasteiger partial charge in [-0.25, -0.2) is 8.42 Å². The van der Waals surface area contributed by atoms with Gasteiger partial charge in [0.1, 0.15) is 5.75 Å². The molecule has 0 saturated carbocycles. The quantitative estimate of drug-likeness (QED) is 0.614. The Morgan fingerprint density at radius 2 is 1.69 bits per heavy atom. The molecule has 2 aromatic carbocycles. The summed E-state index contributed by atoms with van der Waals surface area (Å²) in [6.07, 6.45) is 2.77. The van der Waals surface area contributed by atoms with E-state index in [0.29, 0.717) is 30.1 Å². The Bertz CT molecular complexity index is 1010. The molecule has 7 nitrogen and oxygen atoms in total. The van der Waals surface area contributed by atoms with E-state index in [9.17, 15) is 13.2 Å². The van der Waals surface area contributed by atoms with Crippen molar-refractivity contribution in [3.63, 3.8) is 0 Å². The SMILES string of the molecule is CCN(CC)Cc1ccc(C(=O)Nc2cc(S(=O)(=O)N3CCCCC3)ccc2OC)cc1. The summed E-state index contributed by atoms with van der Waals surface area (Å²) in [7, 11) is -2.12. The second kappa shape index (κ2) is 10.9. The number of nitrogens with zero attached hydrogens (tertiary/aromatic N) is 2. The lowest BCUT2D eigenvalue weighted by atomic mass is 10.1. The second-order valence-corrected chi connectivity index (χ2v) is 9.88. The summed E-state index contributed by atoms with van der Waals surface area (Å²) in [6, 6.07) is 12.1. The minimum absolute atomic E-state index is 0.157. The lowest BCUT2D eigenvalue weighted by Crippen LogP contribution is -2.35. The van der Waals surface area contributed by atoms with Crippen molar-refractivity contribution in [2.45, 2.75) is 44.6 Å². The first-order valence-electron chi connectivity index (χ1n) is 11.2. The van der Waals surface area contributed by atoms with Crippen molar-refractivity contribution in [2.24, 2.45) is 0 Å². The topological polar surface area (TPSA) is 79.0 Å². The van der Waals surface area contributed by atoms with Gasteiger partial charge in [-0.1, -0.05) is 32.4 Å². The van der Waals surface area contributed by atoms with Gasteiger partial charge in [0.25, 0.3) is 5.91 Å². The Labute approximate surface area is 191 Å². The molecule has 0 radical (unpaired) electrons. The fourth-order valence-corrected chi connectivity index (χ4v) is 5.40. The van der Waals surface area contributed by atoms with Crippen molar-refractivity contribution >= 4 is 21.6 Å². The predicted octanol–water partition coefficient (Wildman–Crippen LogP) is 3.96. The number of ether oxygens (including phenoxy) is 1. The Morgan fingerprint density at radius 1 is 1.03 bits per heavy atom. The lowest BCUT2D eigenvalue weighted by molar-refractivity contribution is 0.102. The number of sulfonamides is 1. The first kappa shape index (κ1) is 24.2. The minimum Gasteiger partial charge on any atom is -0.495 e. The molecule has 1 amide bonds. The van der Waals surface area contributed by atoms with Gasteiger partial charge in [-0.15, -0.1) is 0 Å². The van der Waals surface area contributed by atoms with Crippen LogP contribution in [0.1, 0.15) is 49.0 Å². The Balaban J connectivity index is 1.78. The van der Waals surface area contributed by atoms with E-state index in [1.807, 2.05) is 12.1 Å². The van der Waals surface area contributed by atoms with E-state index in [1.165, 1.54) is 23.5 Å². The summed E-state index contributed by atoms with van der Waals surface area (Å²) in [4.78, 5) is 15.3. The summed E-state index contributed by atoms with van der Waals surface area (Å²) in [5.74, 6) is 0.0966. The molecule has 0 aliphatic carbocycles. The van der Waals surface area contributed by atoms with Crippen molar-refractivity contribution in [1.82, 2.24) is 9.21 Å². The normalized spacial score (nSPS) is 15.0. The number of hydrogen-bond donors (Lipinski definition) is 1. The summed E-state index contributed by atoms with van der Waals surface area (Å²) < 4.78 is 32.9. The van der Waals surface area contributed by atoms with E-state index >= 15 is 0 Å². The van der Waals surface area contributed by atoms with Gasteiger partial charge in [0.05, 0.1) is 17.7 Å². The third kappa shape index (κ3) is 5.68. The maximum atomic E-state index is 13.0. The minimum atomic E-state index is -3.61. The lowest BCUT2D eigenvalue weighted by Gasteiger charge is -2.26. The van der Waals surface area contributed by atoms with Gasteiger partial charge >= 0.3 is 0 Å². The van der Waals surface area contributed by atoms with Crippen LogP contribution >= 0.6 is 0 Å². The maximum Gasteiger partial charge on any atom is 0.255 e. The first-order chi connectivity index (χ1) is 15.4. The molecule has 0 unspecified atom stereocenters. The average Bonchev–Trinajstić information content (AvgIpc) is 2.83. The molecule has 3 rings (SSSR count). The van der Waals surface area contributed by atoms with Crippen LogP contribution in [0.2, 0.25) is 0 Å². The molecule has 1 N–H and O–H groups in total. The number of anilines is 1. The molecular weight excluding hydrogens is 426 g/mol. The number of hydrogen-bond acceptors (Lipinski definition) is 5. The standard InChI is InChI=1S/C24H33N3O4S/c1-4-26(5-2)18-19-9-11-20(12-10-19)24(28)25-22-17-21(13-14-23(22)31-3)32(29,30)27-15-7-6-8-16-27/h9-14,17H,4-8,15-16,18H2,1-3H3,(H,25,28). The van der Waals surface area contributed by atoms with Gasteiger partial charge in [-0.05, 0) is 61.8 Å². The molecule has 1 heterocycles. The third-order valence-corrected chi connectivity index (χ3v) is 7.78. The summed E-state index contributed by atoms with van der Waals surface area (Å²) in [5, 5.41) is 2.82. The molecule has 1 saturated heterocycles. The number of piperidine rings is 1. The average molecular weight is 460 g/mol. The number of rotatable bonds is 9. The van der Waals surface area contributed by atoms with Gasteiger partial charge < -0.3 is 10.1 Å². The van der Waals surface area contributed by atoms with Gasteiger partial charge in [0.15, 0.2) is 0 Å². The van der Waals surface area contributed by atoms with E-state index < -0.39 is 10.0 Å². The smallest absolute Gasteiger partial charge is 0.255 e. The molecule has 0 bridgehead atoms. The summed E-state index contributed by atoms with van der Waals surface area (Å²) >= 11 is 0. The maximum absolute atomic E-state index is 13.0. The number of benzene rings is 2. The molecule has 8 heteroatoms. The largest absolute Gasteiger partial charge is 0.495 e. The van der Waals surface area contributed by atoms with Crippen molar-refractivity contribution < 1.29 is 17.9 Å². The molecule has 1 fully saturated rings. The molecule has 0 atom stereocenters. The van der Waals surface area contributed by atoms with Gasteiger partial charge in [0.2, 0.25) is 10.0 Å². The molecule has 0 aromatic heterocycles. The molecule has 1 aliphatic heterocycles. The third-order valence-electron chi connectivity index (χ3n) is 5.89. The molecule has 32 heavy (non-hydrogen) atoms. The Hall–Kier alpha value is -2.42. The zero-order chi connectivity index (χ0) is 23.1. The zero-order valence-electron chi connectivity index (χ0n) is 19.1. The number of amides is 1. The highest BCUT2D eigenvalue weighted by Crippen LogP contribution is 2.30. The van der Waals surface area contributed by atoms with Crippen LogP contribution in [0, 0.1) is 0 Å². The zero-order valence-corrected chi connectivity index (χ0v) is 20.0. The van der Waals surface area contributed by atoms with Gasteiger partial charge in [-0.3, -0.25) is 9.69 Å². The van der Waals surface area contributed by atoms with Crippen LogP contribution in [0.15, 0.2) is 47.4 Å². The Kier molecular flexibility index (Phi) is 8.28. The van der Waals surface area contributed by atoms with Gasteiger partial charge in [0, 0.05) is 25.2 Å². The predicted molar refractivity (Wildman–Crippen MR) is 127 cm³/mol. The molecule has 1 aliphatic rings. The van der Waals surface area contributed by atoms with Crippen LogP contribution in [0.4, 0.5) is 5.69 Å². The van der Waals surface area contributed by atoms with Crippen LogP contribution in [0.5, 0.6) is 5.75 Å². The van der Waals surface area contributed by atoms with E-state index in [-0.39, 0.29) is 10.8 Å². The van der Waals surface area contributed by atoms with Crippen LogP contribution in [0.3, 0.4) is 0 Å². The highest BCUT2D eigenvalue weighted by molar-refractivity contribution is 7.89. The number of carbonyl (C=O) groups is 1. The summed E-state index contributed by atoms with van der Waals surface area (Å²) in [6.45, 7) is 8.06. The fraction of sp³-hybridized carbons (Fsp3) is 0.458. The monoisotopic (exact) mass is 459 g/mol. The van der Waals surface area contributed by atoms with Crippen molar-refractivity contribution in [3.05, 3.63) is 53.6 Å². The highest BCUT2D eigenvalue weighted by Gasteiger charge is 2.27. The molecular formula is C24H33N3O4S.